The van der Waals surface area contributed by atoms with E-state index in [0.717, 1.165) is 13.1 Å². The van der Waals surface area contributed by atoms with Crippen molar-refractivity contribution in [3.63, 3.8) is 0 Å². The third-order valence-electron chi connectivity index (χ3n) is 4.46. The van der Waals surface area contributed by atoms with E-state index in [1.54, 1.807) is 0 Å². The number of allylic oxidation sites excluding steroid dienone is 1. The van der Waals surface area contributed by atoms with Gasteiger partial charge in [0.05, 0.1) is 12.5 Å². The number of primary amides is 1. The van der Waals surface area contributed by atoms with Crippen molar-refractivity contribution in [2.24, 2.45) is 11.7 Å². The number of nitrogens with zero attached hydrogens (tertiary/aromatic N) is 1. The van der Waals surface area contributed by atoms with Crippen molar-refractivity contribution < 1.29 is 19.5 Å². The Morgan fingerprint density at radius 2 is 1.67 bits per heavy atom. The van der Waals surface area contributed by atoms with Gasteiger partial charge in [-0.15, -0.1) is 0 Å². The molecule has 2 rings (SSSR count). The number of carboxylic acid groups (broad SMARTS) is 1. The van der Waals surface area contributed by atoms with E-state index in [1.165, 1.54) is 32.1 Å². The Balaban J connectivity index is 0.000000891. The van der Waals surface area contributed by atoms with Crippen LogP contribution in [-0.2, 0) is 14.4 Å². The van der Waals surface area contributed by atoms with Crippen molar-refractivity contribution in [1.82, 2.24) is 10.2 Å². The molecule has 0 aromatic heterocycles. The van der Waals surface area contributed by atoms with E-state index < -0.39 is 0 Å². The van der Waals surface area contributed by atoms with E-state index in [1.807, 2.05) is 12.2 Å². The van der Waals surface area contributed by atoms with E-state index in [2.05, 4.69) is 10.2 Å². The fraction of sp³-hybridized carbons (Fsp3) is 0.706. The molecule has 0 saturated carbocycles. The first kappa shape index (κ1) is 20.2. The summed E-state index contributed by atoms with van der Waals surface area (Å²) in [6.45, 7) is 2.18. The number of nitrogens with two attached hydrogens (primary N) is 1. The second kappa shape index (κ2) is 11.6. The minimum atomic E-state index is -0.323. The molecule has 24 heavy (non-hydrogen) atoms. The number of carbonyl (C=O) groups excluding carboxylic acids is 2. The molecule has 1 fully saturated rings. The number of amides is 2. The number of hydrogen-bond donors (Lipinski definition) is 3. The number of likely N-dealkylation sites (tertiary alicyclic amines) is 1. The maximum absolute atomic E-state index is 12.2. The van der Waals surface area contributed by atoms with Crippen LogP contribution in [0.25, 0.3) is 0 Å². The predicted molar refractivity (Wildman–Crippen MR) is 91.2 cm³/mol. The molecule has 2 amide bonds. The highest BCUT2D eigenvalue weighted by Crippen LogP contribution is 2.19. The standard InChI is InChI=1S/C16H27N3O2.CH2O2/c17-16(21)13-8-4-5-9-14(13)18-15(20)12-19-10-6-2-1-3-7-11-19;2-1-3/h4-5,13-14H,1-3,6-12H2,(H2,17,21)(H,18,20);1H,(H,2,3)/t13-,14-;/m1./s1. The molecule has 0 aromatic carbocycles. The molecule has 7 heteroatoms. The quantitative estimate of drug-likeness (QED) is 0.520. The maximum Gasteiger partial charge on any atom is 0.290 e. The first-order valence-corrected chi connectivity index (χ1v) is 8.62. The van der Waals surface area contributed by atoms with Crippen molar-refractivity contribution in [3.8, 4) is 0 Å². The van der Waals surface area contributed by atoms with E-state index in [4.69, 9.17) is 15.6 Å². The molecule has 7 nitrogen and oxygen atoms in total. The van der Waals surface area contributed by atoms with Crippen LogP contribution in [0.5, 0.6) is 0 Å². The lowest BCUT2D eigenvalue weighted by molar-refractivity contribution is -0.126. The van der Waals surface area contributed by atoms with Gasteiger partial charge in [0, 0.05) is 6.04 Å². The Morgan fingerprint density at radius 3 is 2.25 bits per heavy atom. The normalized spacial score (nSPS) is 24.7. The third kappa shape index (κ3) is 7.59. The molecular formula is C17H29N3O4. The summed E-state index contributed by atoms with van der Waals surface area (Å²) in [7, 11) is 0. The number of rotatable bonds is 4. The molecule has 1 heterocycles. The molecule has 2 atom stereocenters. The molecule has 0 bridgehead atoms. The minimum absolute atomic E-state index is 0.0159. The molecular weight excluding hydrogens is 310 g/mol. The second-order valence-electron chi connectivity index (χ2n) is 6.28. The summed E-state index contributed by atoms with van der Waals surface area (Å²) < 4.78 is 0. The molecule has 4 N–H and O–H groups in total. The number of carbonyl (C=O) groups is 3. The summed E-state index contributed by atoms with van der Waals surface area (Å²) in [5, 5.41) is 9.89. The lowest BCUT2D eigenvalue weighted by Crippen LogP contribution is -2.49. The lowest BCUT2D eigenvalue weighted by atomic mass is 9.88. The average Bonchev–Trinajstić information content (AvgIpc) is 2.51. The lowest BCUT2D eigenvalue weighted by Gasteiger charge is -2.29. The average molecular weight is 339 g/mol. The van der Waals surface area contributed by atoms with E-state index in [0.29, 0.717) is 19.4 Å². The van der Waals surface area contributed by atoms with E-state index >= 15 is 0 Å². The van der Waals surface area contributed by atoms with Crippen LogP contribution < -0.4 is 11.1 Å². The van der Waals surface area contributed by atoms with E-state index in [-0.39, 0.29) is 30.2 Å². The predicted octanol–water partition coefficient (Wildman–Crippen LogP) is 0.890. The van der Waals surface area contributed by atoms with Gasteiger partial charge in [0.2, 0.25) is 11.8 Å². The number of hydrogen-bond acceptors (Lipinski definition) is 4. The van der Waals surface area contributed by atoms with Crippen LogP contribution in [-0.4, -0.2) is 54.0 Å². The Morgan fingerprint density at radius 1 is 1.12 bits per heavy atom. The number of nitrogens with one attached hydrogen (secondary N) is 1. The zero-order chi connectivity index (χ0) is 17.8. The van der Waals surface area contributed by atoms with E-state index in [9.17, 15) is 9.59 Å². The van der Waals surface area contributed by atoms with Crippen LogP contribution in [0.15, 0.2) is 12.2 Å². The zero-order valence-electron chi connectivity index (χ0n) is 14.2. The van der Waals surface area contributed by atoms with Gasteiger partial charge in [-0.1, -0.05) is 31.4 Å². The van der Waals surface area contributed by atoms with Gasteiger partial charge in [-0.25, -0.2) is 0 Å². The Hall–Kier alpha value is -1.89. The Bertz CT molecular complexity index is 432. The molecule has 0 unspecified atom stereocenters. The van der Waals surface area contributed by atoms with Crippen LogP contribution >= 0.6 is 0 Å². The van der Waals surface area contributed by atoms with Gasteiger partial charge < -0.3 is 16.2 Å². The molecule has 1 aliphatic heterocycles. The summed E-state index contributed by atoms with van der Waals surface area (Å²) in [5.41, 5.74) is 5.42. The van der Waals surface area contributed by atoms with Gasteiger partial charge in [0.1, 0.15) is 0 Å². The summed E-state index contributed by atoms with van der Waals surface area (Å²) in [6.07, 6.45) is 11.5. The highest BCUT2D eigenvalue weighted by atomic mass is 16.3. The summed E-state index contributed by atoms with van der Waals surface area (Å²) >= 11 is 0. The van der Waals surface area contributed by atoms with Gasteiger partial charge in [-0.3, -0.25) is 19.3 Å². The van der Waals surface area contributed by atoms with Crippen molar-refractivity contribution in [3.05, 3.63) is 12.2 Å². The van der Waals surface area contributed by atoms with Crippen molar-refractivity contribution in [2.75, 3.05) is 19.6 Å². The van der Waals surface area contributed by atoms with Crippen LogP contribution in [0.3, 0.4) is 0 Å². The zero-order valence-corrected chi connectivity index (χ0v) is 14.2. The van der Waals surface area contributed by atoms with Crippen LogP contribution in [0.1, 0.15) is 44.9 Å². The van der Waals surface area contributed by atoms with Gasteiger partial charge in [-0.05, 0) is 38.8 Å². The molecule has 136 valence electrons. The van der Waals surface area contributed by atoms with Crippen molar-refractivity contribution in [2.45, 2.75) is 51.0 Å². The Kier molecular flexibility index (Phi) is 9.76. The fourth-order valence-electron chi connectivity index (χ4n) is 3.21. The fourth-order valence-corrected chi connectivity index (χ4v) is 3.21. The van der Waals surface area contributed by atoms with Gasteiger partial charge in [0.25, 0.3) is 6.47 Å². The minimum Gasteiger partial charge on any atom is -0.483 e. The summed E-state index contributed by atoms with van der Waals surface area (Å²) in [5.74, 6) is -0.579. The molecule has 1 aliphatic carbocycles. The summed E-state index contributed by atoms with van der Waals surface area (Å²) in [6, 6.07) is -0.144. The second-order valence-corrected chi connectivity index (χ2v) is 6.28. The first-order chi connectivity index (χ1) is 11.6. The monoisotopic (exact) mass is 339 g/mol. The smallest absolute Gasteiger partial charge is 0.290 e. The first-order valence-electron chi connectivity index (χ1n) is 8.62. The highest BCUT2D eigenvalue weighted by molar-refractivity contribution is 5.81. The molecule has 1 saturated heterocycles. The topological polar surface area (TPSA) is 113 Å². The van der Waals surface area contributed by atoms with Crippen LogP contribution in [0.2, 0.25) is 0 Å². The van der Waals surface area contributed by atoms with Gasteiger partial charge in [-0.2, -0.15) is 0 Å². The molecule has 0 aromatic rings. The SMILES string of the molecule is NC(=O)[C@@H]1CC=CC[C@H]1NC(=O)CN1CCCCCCC1.O=CO. The van der Waals surface area contributed by atoms with Crippen LogP contribution in [0, 0.1) is 5.92 Å². The molecule has 0 spiro atoms. The highest BCUT2D eigenvalue weighted by Gasteiger charge is 2.28. The van der Waals surface area contributed by atoms with Gasteiger partial charge in [0.15, 0.2) is 0 Å². The van der Waals surface area contributed by atoms with Crippen molar-refractivity contribution >= 4 is 18.3 Å². The molecule has 0 radical (unpaired) electrons. The molecule has 2 aliphatic rings. The van der Waals surface area contributed by atoms with Crippen LogP contribution in [0.4, 0.5) is 0 Å². The maximum atomic E-state index is 12.2. The largest absolute Gasteiger partial charge is 0.483 e. The van der Waals surface area contributed by atoms with Crippen molar-refractivity contribution in [1.29, 1.82) is 0 Å². The third-order valence-corrected chi connectivity index (χ3v) is 4.46. The summed E-state index contributed by atoms with van der Waals surface area (Å²) in [4.78, 5) is 34.3. The van der Waals surface area contributed by atoms with Gasteiger partial charge >= 0.3 is 0 Å². The Labute approximate surface area is 143 Å².